The van der Waals surface area contributed by atoms with Gasteiger partial charge in [-0.25, -0.2) is 0 Å². The predicted molar refractivity (Wildman–Crippen MR) is 114 cm³/mol. The van der Waals surface area contributed by atoms with Gasteiger partial charge in [0.2, 0.25) is 0 Å². The molecular formula is C23H22N2O2S. The van der Waals surface area contributed by atoms with E-state index in [1.54, 1.807) is 12.1 Å². The van der Waals surface area contributed by atoms with Crippen molar-refractivity contribution in [3.8, 4) is 0 Å². The fourth-order valence-corrected chi connectivity index (χ4v) is 4.96. The number of hydrogen-bond donors (Lipinski definition) is 2. The smallest absolute Gasteiger partial charge is 0.258 e. The molecule has 28 heavy (non-hydrogen) atoms. The Morgan fingerprint density at radius 2 is 1.61 bits per heavy atom. The van der Waals surface area contributed by atoms with Gasteiger partial charge < -0.3 is 10.6 Å². The normalized spacial score (nSPS) is 15.5. The molecular weight excluding hydrogens is 368 g/mol. The summed E-state index contributed by atoms with van der Waals surface area (Å²) in [4.78, 5) is 27.0. The maximum absolute atomic E-state index is 13.1. The van der Waals surface area contributed by atoms with Crippen molar-refractivity contribution in [3.05, 3.63) is 82.2 Å². The van der Waals surface area contributed by atoms with Crippen LogP contribution in [0.3, 0.4) is 0 Å². The molecule has 1 aliphatic rings. The maximum Gasteiger partial charge on any atom is 0.258 e. The molecule has 1 heterocycles. The molecule has 4 rings (SSSR count). The van der Waals surface area contributed by atoms with Crippen LogP contribution >= 0.6 is 11.3 Å². The highest BCUT2D eigenvalue weighted by Gasteiger charge is 2.28. The minimum atomic E-state index is -0.194. The zero-order valence-corrected chi connectivity index (χ0v) is 16.5. The molecule has 2 aromatic carbocycles. The van der Waals surface area contributed by atoms with E-state index < -0.39 is 0 Å². The average Bonchev–Trinajstić information content (AvgIpc) is 3.06. The maximum atomic E-state index is 13.1. The summed E-state index contributed by atoms with van der Waals surface area (Å²) in [6.45, 7) is 2.23. The number of carbonyl (C=O) groups excluding carboxylic acids is 2. The Balaban J connectivity index is 1.67. The number of amides is 2. The number of rotatable bonds is 4. The van der Waals surface area contributed by atoms with Crippen LogP contribution in [0.1, 0.15) is 44.5 Å². The number of para-hydroxylation sites is 1. The molecule has 0 radical (unpaired) electrons. The monoisotopic (exact) mass is 390 g/mol. The molecule has 0 unspecified atom stereocenters. The molecule has 0 bridgehead atoms. The largest absolute Gasteiger partial charge is 0.322 e. The molecule has 3 aromatic rings. The lowest BCUT2D eigenvalue weighted by Crippen LogP contribution is -2.19. The van der Waals surface area contributed by atoms with E-state index in [-0.39, 0.29) is 11.8 Å². The second kappa shape index (κ2) is 7.98. The van der Waals surface area contributed by atoms with E-state index in [0.29, 0.717) is 22.0 Å². The Morgan fingerprint density at radius 1 is 0.929 bits per heavy atom. The molecule has 2 amide bonds. The van der Waals surface area contributed by atoms with Crippen molar-refractivity contribution < 1.29 is 9.59 Å². The third-order valence-electron chi connectivity index (χ3n) is 5.03. The molecule has 0 saturated heterocycles. The van der Waals surface area contributed by atoms with Crippen LogP contribution in [0.2, 0.25) is 0 Å². The molecule has 0 saturated carbocycles. The number of thiophene rings is 1. The summed E-state index contributed by atoms with van der Waals surface area (Å²) < 4.78 is 0. The van der Waals surface area contributed by atoms with Crippen molar-refractivity contribution in [2.24, 2.45) is 5.92 Å². The second-order valence-corrected chi connectivity index (χ2v) is 8.30. The molecule has 0 spiro atoms. The Kier molecular flexibility index (Phi) is 5.26. The average molecular weight is 391 g/mol. The summed E-state index contributed by atoms with van der Waals surface area (Å²) in [6.07, 6.45) is 2.87. The van der Waals surface area contributed by atoms with E-state index in [9.17, 15) is 9.59 Å². The summed E-state index contributed by atoms with van der Waals surface area (Å²) >= 11 is 1.53. The molecule has 1 aromatic heterocycles. The predicted octanol–water partition coefficient (Wildman–Crippen LogP) is 5.38. The summed E-state index contributed by atoms with van der Waals surface area (Å²) in [7, 11) is 0. The van der Waals surface area contributed by atoms with Crippen molar-refractivity contribution in [1.82, 2.24) is 0 Å². The quantitative estimate of drug-likeness (QED) is 0.628. The molecule has 1 atom stereocenters. The molecule has 5 heteroatoms. The summed E-state index contributed by atoms with van der Waals surface area (Å²) in [5.41, 5.74) is 3.02. The van der Waals surface area contributed by atoms with Crippen LogP contribution in [-0.2, 0) is 12.8 Å². The molecule has 0 aliphatic heterocycles. The van der Waals surface area contributed by atoms with E-state index >= 15 is 0 Å². The first-order valence-corrected chi connectivity index (χ1v) is 10.3. The van der Waals surface area contributed by atoms with Gasteiger partial charge in [-0.05, 0) is 55.0 Å². The van der Waals surface area contributed by atoms with Gasteiger partial charge in [0, 0.05) is 16.1 Å². The van der Waals surface area contributed by atoms with Crippen molar-refractivity contribution in [2.75, 3.05) is 10.6 Å². The number of benzene rings is 2. The van der Waals surface area contributed by atoms with Crippen molar-refractivity contribution in [2.45, 2.75) is 26.2 Å². The Bertz CT molecular complexity index is 996. The van der Waals surface area contributed by atoms with Gasteiger partial charge in [0.1, 0.15) is 5.00 Å². The van der Waals surface area contributed by atoms with Gasteiger partial charge in [0.05, 0.1) is 5.56 Å². The first-order valence-electron chi connectivity index (χ1n) is 9.49. The minimum Gasteiger partial charge on any atom is -0.322 e. The summed E-state index contributed by atoms with van der Waals surface area (Å²) in [5.74, 6) is 0.233. The van der Waals surface area contributed by atoms with Crippen LogP contribution in [-0.4, -0.2) is 11.8 Å². The van der Waals surface area contributed by atoms with E-state index in [1.165, 1.54) is 16.2 Å². The number of nitrogens with one attached hydrogen (secondary N) is 2. The van der Waals surface area contributed by atoms with Crippen LogP contribution < -0.4 is 10.6 Å². The fraction of sp³-hybridized carbons (Fsp3) is 0.217. The van der Waals surface area contributed by atoms with Crippen molar-refractivity contribution >= 4 is 33.8 Å². The lowest BCUT2D eigenvalue weighted by molar-refractivity contribution is 0.102. The second-order valence-electron chi connectivity index (χ2n) is 7.20. The fourth-order valence-electron chi connectivity index (χ4n) is 3.56. The van der Waals surface area contributed by atoms with E-state index in [2.05, 4.69) is 17.6 Å². The Labute approximate surface area is 168 Å². The van der Waals surface area contributed by atoms with Gasteiger partial charge in [-0.15, -0.1) is 11.3 Å². The summed E-state index contributed by atoms with van der Waals surface area (Å²) in [6, 6.07) is 18.5. The molecule has 142 valence electrons. The van der Waals surface area contributed by atoms with Crippen LogP contribution in [0.25, 0.3) is 0 Å². The topological polar surface area (TPSA) is 58.2 Å². The van der Waals surface area contributed by atoms with Gasteiger partial charge in [-0.1, -0.05) is 43.3 Å². The van der Waals surface area contributed by atoms with E-state index in [4.69, 9.17) is 0 Å². The van der Waals surface area contributed by atoms with E-state index in [1.807, 2.05) is 48.5 Å². The first kappa shape index (κ1) is 18.4. The van der Waals surface area contributed by atoms with E-state index in [0.717, 1.165) is 30.5 Å². The number of hydrogen-bond acceptors (Lipinski definition) is 3. The van der Waals surface area contributed by atoms with Gasteiger partial charge in [0.25, 0.3) is 11.8 Å². The van der Waals surface area contributed by atoms with Crippen LogP contribution in [0.5, 0.6) is 0 Å². The van der Waals surface area contributed by atoms with Crippen molar-refractivity contribution in [1.29, 1.82) is 0 Å². The number of carbonyl (C=O) groups is 2. The van der Waals surface area contributed by atoms with Gasteiger partial charge in [0.15, 0.2) is 0 Å². The van der Waals surface area contributed by atoms with Crippen LogP contribution in [0.4, 0.5) is 10.7 Å². The number of anilines is 2. The van der Waals surface area contributed by atoms with Gasteiger partial charge in [-0.3, -0.25) is 9.59 Å². The molecule has 0 fully saturated rings. The third kappa shape index (κ3) is 3.85. The molecule has 1 aliphatic carbocycles. The van der Waals surface area contributed by atoms with Crippen molar-refractivity contribution in [3.63, 3.8) is 0 Å². The Morgan fingerprint density at radius 3 is 2.32 bits per heavy atom. The zero-order valence-electron chi connectivity index (χ0n) is 15.7. The molecule has 2 N–H and O–H groups in total. The zero-order chi connectivity index (χ0) is 19.5. The van der Waals surface area contributed by atoms with Gasteiger partial charge >= 0.3 is 0 Å². The minimum absolute atomic E-state index is 0.165. The summed E-state index contributed by atoms with van der Waals surface area (Å²) in [5, 5.41) is 6.60. The highest BCUT2D eigenvalue weighted by atomic mass is 32.1. The third-order valence-corrected chi connectivity index (χ3v) is 6.20. The van der Waals surface area contributed by atoms with Gasteiger partial charge in [-0.2, -0.15) is 0 Å². The molecule has 4 nitrogen and oxygen atoms in total. The SMILES string of the molecule is C[C@@H]1CCc2c(sc(NC(=O)c3ccccc3)c2C(=O)Nc2ccccc2)C1. The first-order chi connectivity index (χ1) is 13.6. The highest BCUT2D eigenvalue weighted by Crippen LogP contribution is 2.40. The Hall–Kier alpha value is -2.92. The van der Waals surface area contributed by atoms with Crippen LogP contribution in [0, 0.1) is 5.92 Å². The van der Waals surface area contributed by atoms with Crippen LogP contribution in [0.15, 0.2) is 60.7 Å². The highest BCUT2D eigenvalue weighted by molar-refractivity contribution is 7.17. The lowest BCUT2D eigenvalue weighted by Gasteiger charge is -2.18. The number of fused-ring (bicyclic) bond motifs is 1. The lowest BCUT2D eigenvalue weighted by atomic mass is 9.88. The standard InChI is InChI=1S/C23H22N2O2S/c1-15-12-13-18-19(14-15)28-23(25-21(26)16-8-4-2-5-9-16)20(18)22(27)24-17-10-6-3-7-11-17/h2-11,15H,12-14H2,1H3,(H,24,27)(H,25,26)/t15-/m1/s1.